The van der Waals surface area contributed by atoms with E-state index in [1.165, 1.54) is 0 Å². The van der Waals surface area contributed by atoms with Gasteiger partial charge in [0.15, 0.2) is 0 Å². The van der Waals surface area contributed by atoms with E-state index in [9.17, 15) is 0 Å². The molecule has 0 radical (unpaired) electrons. The molecule has 0 bridgehead atoms. The molecule has 0 aromatic carbocycles. The third-order valence-corrected chi connectivity index (χ3v) is 3.22. The van der Waals surface area contributed by atoms with Gasteiger partial charge in [0.05, 0.1) is 18.3 Å². The summed E-state index contributed by atoms with van der Waals surface area (Å²) in [5, 5.41) is 5.23. The van der Waals surface area contributed by atoms with Crippen molar-refractivity contribution in [2.75, 3.05) is 14.2 Å². The summed E-state index contributed by atoms with van der Waals surface area (Å²) in [5.41, 5.74) is 0. The highest BCUT2D eigenvalue weighted by molar-refractivity contribution is 7.10. The molecule has 1 N–H and O–H groups in total. The van der Waals surface area contributed by atoms with Crippen molar-refractivity contribution in [3.8, 4) is 5.75 Å². The molecule has 0 saturated heterocycles. The molecule has 0 aliphatic carbocycles. The van der Waals surface area contributed by atoms with Crippen LogP contribution in [0.15, 0.2) is 34.3 Å². The smallest absolute Gasteiger partial charge is 0.134 e. The van der Waals surface area contributed by atoms with Crippen LogP contribution in [0, 0.1) is 0 Å². The minimum absolute atomic E-state index is 0.0648. The molecule has 0 aliphatic rings. The third kappa shape index (κ3) is 1.91. The Balaban J connectivity index is 2.35. The van der Waals surface area contributed by atoms with E-state index in [4.69, 9.17) is 9.15 Å². The van der Waals surface area contributed by atoms with Gasteiger partial charge in [0.2, 0.25) is 0 Å². The minimum Gasteiger partial charge on any atom is -0.496 e. The average Bonchev–Trinajstić information content (AvgIpc) is 2.89. The van der Waals surface area contributed by atoms with Gasteiger partial charge in [-0.2, -0.15) is 0 Å². The van der Waals surface area contributed by atoms with Crippen LogP contribution < -0.4 is 10.1 Å². The highest BCUT2D eigenvalue weighted by Crippen LogP contribution is 2.34. The predicted molar refractivity (Wildman–Crippen MR) is 60.5 cm³/mol. The molecule has 15 heavy (non-hydrogen) atoms. The number of hydrogen-bond donors (Lipinski definition) is 1. The molecule has 2 aromatic rings. The minimum atomic E-state index is 0.0648. The van der Waals surface area contributed by atoms with E-state index in [0.717, 1.165) is 16.4 Å². The molecule has 1 atom stereocenters. The predicted octanol–water partition coefficient (Wildman–Crippen LogP) is 2.66. The van der Waals surface area contributed by atoms with Crippen molar-refractivity contribution in [2.24, 2.45) is 0 Å². The highest BCUT2D eigenvalue weighted by atomic mass is 32.1. The van der Waals surface area contributed by atoms with Gasteiger partial charge >= 0.3 is 0 Å². The zero-order valence-electron chi connectivity index (χ0n) is 8.69. The molecule has 1 unspecified atom stereocenters. The summed E-state index contributed by atoms with van der Waals surface area (Å²) >= 11 is 1.66. The van der Waals surface area contributed by atoms with Crippen molar-refractivity contribution in [3.63, 3.8) is 0 Å². The fourth-order valence-corrected chi connectivity index (χ4v) is 2.52. The van der Waals surface area contributed by atoms with Crippen LogP contribution in [-0.4, -0.2) is 14.2 Å². The summed E-state index contributed by atoms with van der Waals surface area (Å²) in [6.07, 6.45) is 1.68. The first-order valence-corrected chi connectivity index (χ1v) is 5.57. The molecule has 0 spiro atoms. The second kappa shape index (κ2) is 4.51. The van der Waals surface area contributed by atoms with Crippen LogP contribution in [0.1, 0.15) is 16.7 Å². The van der Waals surface area contributed by atoms with Crippen molar-refractivity contribution in [2.45, 2.75) is 6.04 Å². The van der Waals surface area contributed by atoms with Crippen molar-refractivity contribution in [1.82, 2.24) is 5.32 Å². The highest BCUT2D eigenvalue weighted by Gasteiger charge is 2.19. The SMILES string of the molecule is CNC(c1ccco1)c1sccc1OC. The first kappa shape index (κ1) is 10.3. The number of rotatable bonds is 4. The Bertz CT molecular complexity index is 408. The van der Waals surface area contributed by atoms with Crippen molar-refractivity contribution < 1.29 is 9.15 Å². The standard InChI is InChI=1S/C11H13NO2S/c1-12-10(8-4-3-6-14-8)11-9(13-2)5-7-15-11/h3-7,10,12H,1-2H3. The number of furan rings is 1. The number of thiophene rings is 1. The van der Waals surface area contributed by atoms with E-state index in [0.29, 0.717) is 0 Å². The lowest BCUT2D eigenvalue weighted by atomic mass is 10.2. The zero-order valence-corrected chi connectivity index (χ0v) is 9.51. The summed E-state index contributed by atoms with van der Waals surface area (Å²) in [6, 6.07) is 5.88. The Labute approximate surface area is 92.7 Å². The quantitative estimate of drug-likeness (QED) is 0.865. The van der Waals surface area contributed by atoms with Gasteiger partial charge in [-0.25, -0.2) is 0 Å². The summed E-state index contributed by atoms with van der Waals surface area (Å²) in [5.74, 6) is 1.80. The van der Waals surface area contributed by atoms with Crippen LogP contribution in [0.2, 0.25) is 0 Å². The second-order valence-electron chi connectivity index (χ2n) is 3.09. The molecule has 2 heterocycles. The Hall–Kier alpha value is -1.26. The van der Waals surface area contributed by atoms with E-state index in [2.05, 4.69) is 5.32 Å². The molecule has 2 aromatic heterocycles. The Kier molecular flexibility index (Phi) is 3.08. The van der Waals surface area contributed by atoms with Crippen LogP contribution >= 0.6 is 11.3 Å². The zero-order chi connectivity index (χ0) is 10.7. The molecule has 0 aliphatic heterocycles. The van der Waals surface area contributed by atoms with Gasteiger partial charge in [-0.1, -0.05) is 0 Å². The van der Waals surface area contributed by atoms with Crippen molar-refractivity contribution >= 4 is 11.3 Å². The lowest BCUT2D eigenvalue weighted by molar-refractivity contribution is 0.401. The van der Waals surface area contributed by atoms with Crippen molar-refractivity contribution in [1.29, 1.82) is 0 Å². The van der Waals surface area contributed by atoms with Gasteiger partial charge in [0, 0.05) is 0 Å². The van der Waals surface area contributed by atoms with Crippen LogP contribution in [0.3, 0.4) is 0 Å². The molecule has 2 rings (SSSR count). The van der Waals surface area contributed by atoms with Gasteiger partial charge in [-0.3, -0.25) is 0 Å². The summed E-state index contributed by atoms with van der Waals surface area (Å²) in [4.78, 5) is 1.13. The Morgan fingerprint density at radius 3 is 2.93 bits per heavy atom. The van der Waals surface area contributed by atoms with Gasteiger partial charge in [0.1, 0.15) is 17.6 Å². The van der Waals surface area contributed by atoms with E-state index in [-0.39, 0.29) is 6.04 Å². The van der Waals surface area contributed by atoms with Gasteiger partial charge in [-0.15, -0.1) is 11.3 Å². The second-order valence-corrected chi connectivity index (χ2v) is 4.04. The summed E-state index contributed by atoms with van der Waals surface area (Å²) < 4.78 is 10.7. The fraction of sp³-hybridized carbons (Fsp3) is 0.273. The van der Waals surface area contributed by atoms with Crippen LogP contribution in [0.5, 0.6) is 5.75 Å². The molecule has 3 nitrogen and oxygen atoms in total. The maximum Gasteiger partial charge on any atom is 0.134 e. The van der Waals surface area contributed by atoms with E-state index < -0.39 is 0 Å². The Morgan fingerprint density at radius 2 is 2.33 bits per heavy atom. The molecule has 0 saturated carbocycles. The topological polar surface area (TPSA) is 34.4 Å². The largest absolute Gasteiger partial charge is 0.496 e. The molecular formula is C11H13NO2S. The number of hydrogen-bond acceptors (Lipinski definition) is 4. The van der Waals surface area contributed by atoms with E-state index >= 15 is 0 Å². The summed E-state index contributed by atoms with van der Waals surface area (Å²) in [6.45, 7) is 0. The van der Waals surface area contributed by atoms with Crippen LogP contribution in [-0.2, 0) is 0 Å². The van der Waals surface area contributed by atoms with Crippen LogP contribution in [0.4, 0.5) is 0 Å². The molecular weight excluding hydrogens is 210 g/mol. The lowest BCUT2D eigenvalue weighted by Crippen LogP contribution is -2.16. The van der Waals surface area contributed by atoms with E-state index in [1.54, 1.807) is 24.7 Å². The van der Waals surface area contributed by atoms with Crippen molar-refractivity contribution in [3.05, 3.63) is 40.5 Å². The van der Waals surface area contributed by atoms with Crippen LogP contribution in [0.25, 0.3) is 0 Å². The summed E-state index contributed by atoms with van der Waals surface area (Å²) in [7, 11) is 3.59. The molecule has 80 valence electrons. The van der Waals surface area contributed by atoms with Gasteiger partial charge in [0.25, 0.3) is 0 Å². The lowest BCUT2D eigenvalue weighted by Gasteiger charge is -2.13. The monoisotopic (exact) mass is 223 g/mol. The number of ether oxygens (including phenoxy) is 1. The van der Waals surface area contributed by atoms with E-state index in [1.807, 2.05) is 30.6 Å². The third-order valence-electron chi connectivity index (χ3n) is 2.26. The molecule has 0 fully saturated rings. The number of nitrogens with one attached hydrogen (secondary N) is 1. The Morgan fingerprint density at radius 1 is 1.47 bits per heavy atom. The van der Waals surface area contributed by atoms with Gasteiger partial charge in [-0.05, 0) is 30.6 Å². The maximum atomic E-state index is 5.40. The molecule has 4 heteroatoms. The normalized spacial score (nSPS) is 12.7. The maximum absolute atomic E-state index is 5.40. The number of methoxy groups -OCH3 is 1. The average molecular weight is 223 g/mol. The fourth-order valence-electron chi connectivity index (χ4n) is 1.55. The first-order chi connectivity index (χ1) is 7.36. The molecule has 0 amide bonds. The van der Waals surface area contributed by atoms with Gasteiger partial charge < -0.3 is 14.5 Å². The first-order valence-electron chi connectivity index (χ1n) is 4.69.